The highest BCUT2D eigenvalue weighted by molar-refractivity contribution is 6.31. The second kappa shape index (κ2) is 4.84. The topological polar surface area (TPSA) is 43.6 Å². The smallest absolute Gasteiger partial charge is 0.176 e. The molecule has 0 unspecified atom stereocenters. The molecule has 0 saturated carbocycles. The third-order valence-electron chi connectivity index (χ3n) is 2.67. The fourth-order valence-electron chi connectivity index (χ4n) is 1.65. The van der Waals surface area contributed by atoms with E-state index in [1.807, 2.05) is 24.6 Å². The second-order valence-electron chi connectivity index (χ2n) is 3.97. The van der Waals surface area contributed by atoms with Crippen molar-refractivity contribution in [1.29, 1.82) is 0 Å². The third kappa shape index (κ3) is 2.31. The number of rotatable bonds is 3. The Morgan fingerprint density at radius 3 is 2.65 bits per heavy atom. The van der Waals surface area contributed by atoms with Crippen LogP contribution in [0.15, 0.2) is 12.4 Å². The number of halogens is 1. The van der Waals surface area contributed by atoms with Crippen LogP contribution in [-0.4, -0.2) is 19.5 Å². The minimum Gasteiger partial charge on any atom is -0.285 e. The molecular formula is C12H15ClN4. The van der Waals surface area contributed by atoms with Gasteiger partial charge in [0.25, 0.3) is 0 Å². The summed E-state index contributed by atoms with van der Waals surface area (Å²) in [7, 11) is 0. The van der Waals surface area contributed by atoms with Gasteiger partial charge in [0.2, 0.25) is 0 Å². The molecule has 0 aliphatic carbocycles. The highest BCUT2D eigenvalue weighted by Gasteiger charge is 2.12. The first-order chi connectivity index (χ1) is 8.13. The van der Waals surface area contributed by atoms with Crippen LogP contribution in [-0.2, 0) is 6.42 Å². The quantitative estimate of drug-likeness (QED) is 0.841. The van der Waals surface area contributed by atoms with Gasteiger partial charge in [-0.05, 0) is 20.3 Å². The Morgan fingerprint density at radius 1 is 1.24 bits per heavy atom. The normalized spacial score (nSPS) is 10.8. The summed E-state index contributed by atoms with van der Waals surface area (Å²) in [5.74, 6) is 1.63. The molecule has 17 heavy (non-hydrogen) atoms. The largest absolute Gasteiger partial charge is 0.285 e. The van der Waals surface area contributed by atoms with Crippen molar-refractivity contribution in [2.45, 2.75) is 33.6 Å². The van der Waals surface area contributed by atoms with E-state index in [0.29, 0.717) is 11.0 Å². The van der Waals surface area contributed by atoms with Crippen LogP contribution in [0.5, 0.6) is 0 Å². The summed E-state index contributed by atoms with van der Waals surface area (Å²) in [6, 6.07) is 0. The molecule has 0 bridgehead atoms. The molecule has 90 valence electrons. The van der Waals surface area contributed by atoms with Crippen LogP contribution in [0, 0.1) is 13.8 Å². The van der Waals surface area contributed by atoms with E-state index >= 15 is 0 Å². The van der Waals surface area contributed by atoms with Gasteiger partial charge in [-0.25, -0.2) is 15.0 Å². The SMILES string of the molecule is CCCc1nccn1-c1nc(C)c(C)nc1Cl. The van der Waals surface area contributed by atoms with Crippen LogP contribution >= 0.6 is 11.6 Å². The standard InChI is InChI=1S/C12H15ClN4/c1-4-5-10-14-6-7-17(10)12-11(13)15-8(2)9(3)16-12/h6-7H,4-5H2,1-3H3. The predicted octanol–water partition coefficient (Wildman–Crippen LogP) is 2.89. The highest BCUT2D eigenvalue weighted by Crippen LogP contribution is 2.19. The summed E-state index contributed by atoms with van der Waals surface area (Å²) in [6.07, 6.45) is 5.57. The third-order valence-corrected chi connectivity index (χ3v) is 2.92. The van der Waals surface area contributed by atoms with Gasteiger partial charge in [0, 0.05) is 18.8 Å². The Kier molecular flexibility index (Phi) is 3.43. The van der Waals surface area contributed by atoms with Gasteiger partial charge in [-0.3, -0.25) is 4.57 Å². The van der Waals surface area contributed by atoms with E-state index in [1.54, 1.807) is 6.20 Å². The number of aryl methyl sites for hydroxylation is 3. The molecule has 4 nitrogen and oxygen atoms in total. The van der Waals surface area contributed by atoms with Crippen LogP contribution < -0.4 is 0 Å². The number of imidazole rings is 1. The van der Waals surface area contributed by atoms with Crippen LogP contribution in [0.4, 0.5) is 0 Å². The maximum atomic E-state index is 6.14. The van der Waals surface area contributed by atoms with E-state index in [0.717, 1.165) is 30.1 Å². The molecule has 0 saturated heterocycles. The number of hydrogen-bond donors (Lipinski definition) is 0. The van der Waals surface area contributed by atoms with Gasteiger partial charge >= 0.3 is 0 Å². The van der Waals surface area contributed by atoms with Crippen molar-refractivity contribution >= 4 is 11.6 Å². The molecule has 0 radical (unpaired) electrons. The first-order valence-electron chi connectivity index (χ1n) is 5.66. The lowest BCUT2D eigenvalue weighted by molar-refractivity contribution is 0.790. The average molecular weight is 251 g/mol. The maximum absolute atomic E-state index is 6.14. The molecule has 5 heteroatoms. The number of nitrogens with zero attached hydrogens (tertiary/aromatic N) is 4. The van der Waals surface area contributed by atoms with E-state index in [2.05, 4.69) is 21.9 Å². The summed E-state index contributed by atoms with van der Waals surface area (Å²) < 4.78 is 1.91. The lowest BCUT2D eigenvalue weighted by atomic mass is 10.3. The van der Waals surface area contributed by atoms with Gasteiger partial charge in [-0.15, -0.1) is 0 Å². The Balaban J connectivity index is 2.52. The molecule has 0 aliphatic heterocycles. The molecule has 0 aliphatic rings. The first kappa shape index (κ1) is 12.0. The molecule has 2 aromatic rings. The molecule has 0 atom stereocenters. The lowest BCUT2D eigenvalue weighted by Gasteiger charge is -2.09. The Labute approximate surface area is 106 Å². The molecule has 0 aromatic carbocycles. The van der Waals surface area contributed by atoms with E-state index in [-0.39, 0.29) is 0 Å². The van der Waals surface area contributed by atoms with E-state index in [1.165, 1.54) is 0 Å². The Bertz CT molecular complexity index is 533. The summed E-state index contributed by atoms with van der Waals surface area (Å²) in [6.45, 7) is 5.95. The first-order valence-corrected chi connectivity index (χ1v) is 6.04. The zero-order valence-electron chi connectivity index (χ0n) is 10.2. The van der Waals surface area contributed by atoms with Crippen molar-refractivity contribution in [2.75, 3.05) is 0 Å². The van der Waals surface area contributed by atoms with Crippen LogP contribution in [0.25, 0.3) is 5.82 Å². The van der Waals surface area contributed by atoms with Crippen molar-refractivity contribution in [2.24, 2.45) is 0 Å². The Hall–Kier alpha value is -1.42. The van der Waals surface area contributed by atoms with Crippen molar-refractivity contribution in [3.63, 3.8) is 0 Å². The fourth-order valence-corrected chi connectivity index (χ4v) is 1.91. The average Bonchev–Trinajstić information content (AvgIpc) is 2.72. The summed E-state index contributed by atoms with van der Waals surface area (Å²) in [4.78, 5) is 13.1. The second-order valence-corrected chi connectivity index (χ2v) is 4.33. The lowest BCUT2D eigenvalue weighted by Crippen LogP contribution is -2.06. The van der Waals surface area contributed by atoms with Crippen molar-refractivity contribution in [3.05, 3.63) is 34.8 Å². The van der Waals surface area contributed by atoms with Gasteiger partial charge < -0.3 is 0 Å². The zero-order valence-corrected chi connectivity index (χ0v) is 11.0. The van der Waals surface area contributed by atoms with E-state index in [4.69, 9.17) is 11.6 Å². The van der Waals surface area contributed by atoms with Gasteiger partial charge in [0.15, 0.2) is 11.0 Å². The molecule has 2 heterocycles. The predicted molar refractivity (Wildman–Crippen MR) is 67.6 cm³/mol. The molecular weight excluding hydrogens is 236 g/mol. The van der Waals surface area contributed by atoms with Crippen molar-refractivity contribution in [1.82, 2.24) is 19.5 Å². The zero-order chi connectivity index (χ0) is 12.4. The van der Waals surface area contributed by atoms with Crippen LogP contribution in [0.2, 0.25) is 5.15 Å². The monoisotopic (exact) mass is 250 g/mol. The number of aromatic nitrogens is 4. The highest BCUT2D eigenvalue weighted by atomic mass is 35.5. The molecule has 0 fully saturated rings. The van der Waals surface area contributed by atoms with Crippen LogP contribution in [0.1, 0.15) is 30.6 Å². The summed E-state index contributed by atoms with van der Waals surface area (Å²) in [5, 5.41) is 0.420. The molecule has 2 rings (SSSR count). The molecule has 0 N–H and O–H groups in total. The minimum atomic E-state index is 0.420. The van der Waals surface area contributed by atoms with Crippen molar-refractivity contribution < 1.29 is 0 Å². The maximum Gasteiger partial charge on any atom is 0.176 e. The van der Waals surface area contributed by atoms with Crippen LogP contribution in [0.3, 0.4) is 0 Å². The molecule has 0 spiro atoms. The van der Waals surface area contributed by atoms with Crippen molar-refractivity contribution in [3.8, 4) is 5.82 Å². The summed E-state index contributed by atoms with van der Waals surface area (Å²) in [5.41, 5.74) is 1.75. The van der Waals surface area contributed by atoms with E-state index in [9.17, 15) is 0 Å². The van der Waals surface area contributed by atoms with Gasteiger partial charge in [-0.2, -0.15) is 0 Å². The van der Waals surface area contributed by atoms with Gasteiger partial charge in [-0.1, -0.05) is 18.5 Å². The molecule has 2 aromatic heterocycles. The fraction of sp³-hybridized carbons (Fsp3) is 0.417. The minimum absolute atomic E-state index is 0.420. The van der Waals surface area contributed by atoms with Gasteiger partial charge in [0.1, 0.15) is 5.82 Å². The Morgan fingerprint density at radius 2 is 1.94 bits per heavy atom. The summed E-state index contributed by atoms with van der Waals surface area (Å²) >= 11 is 6.14. The van der Waals surface area contributed by atoms with E-state index < -0.39 is 0 Å². The molecule has 0 amide bonds. The number of hydrogen-bond acceptors (Lipinski definition) is 3. The van der Waals surface area contributed by atoms with Gasteiger partial charge in [0.05, 0.1) is 11.4 Å².